The summed E-state index contributed by atoms with van der Waals surface area (Å²) in [6.45, 7) is 2.15. The van der Waals surface area contributed by atoms with Crippen LogP contribution >= 0.6 is 0 Å². The summed E-state index contributed by atoms with van der Waals surface area (Å²) in [5, 5.41) is 0. The van der Waals surface area contributed by atoms with E-state index in [4.69, 9.17) is 13.6 Å². The summed E-state index contributed by atoms with van der Waals surface area (Å²) in [6, 6.07) is 1.12. The summed E-state index contributed by atoms with van der Waals surface area (Å²) in [5.74, 6) is 0.933. The Bertz CT molecular complexity index is 255. The van der Waals surface area contributed by atoms with Gasteiger partial charge in [-0.25, -0.2) is 0 Å². The van der Waals surface area contributed by atoms with Crippen LogP contribution in [0.15, 0.2) is 0 Å². The molecule has 0 N–H and O–H groups in total. The summed E-state index contributed by atoms with van der Waals surface area (Å²) in [5.41, 5.74) is 0. The van der Waals surface area contributed by atoms with Crippen molar-refractivity contribution in [2.75, 3.05) is 14.2 Å². The van der Waals surface area contributed by atoms with Crippen molar-refractivity contribution in [3.05, 3.63) is 0 Å². The fourth-order valence-electron chi connectivity index (χ4n) is 3.09. The minimum atomic E-state index is -1.81. The molecule has 0 aromatic carbocycles. The van der Waals surface area contributed by atoms with Crippen LogP contribution in [0.1, 0.15) is 44.9 Å². The maximum atomic E-state index is 5.58. The highest BCUT2D eigenvalue weighted by atomic mass is 28.4. The first-order chi connectivity index (χ1) is 8.67. The summed E-state index contributed by atoms with van der Waals surface area (Å²) in [4.78, 5) is 0. The van der Waals surface area contributed by atoms with Gasteiger partial charge in [0.05, 0.1) is 12.2 Å². The molecule has 1 saturated heterocycles. The molecule has 3 atom stereocenters. The van der Waals surface area contributed by atoms with Crippen molar-refractivity contribution in [3.8, 4) is 0 Å². The molecule has 1 aliphatic carbocycles. The Morgan fingerprint density at radius 3 is 2.50 bits per heavy atom. The first kappa shape index (κ1) is 14.5. The van der Waals surface area contributed by atoms with Gasteiger partial charge in [0, 0.05) is 14.2 Å². The van der Waals surface area contributed by atoms with E-state index in [9.17, 15) is 0 Å². The molecule has 0 amide bonds. The van der Waals surface area contributed by atoms with Gasteiger partial charge in [-0.05, 0) is 37.8 Å². The van der Waals surface area contributed by atoms with Gasteiger partial charge in [-0.15, -0.1) is 0 Å². The normalized spacial score (nSPS) is 31.2. The van der Waals surface area contributed by atoms with E-state index in [1.807, 2.05) is 0 Å². The van der Waals surface area contributed by atoms with Crippen LogP contribution in [0.2, 0.25) is 12.6 Å². The van der Waals surface area contributed by atoms with E-state index >= 15 is 0 Å². The van der Waals surface area contributed by atoms with Crippen molar-refractivity contribution < 1.29 is 13.6 Å². The molecular weight excluding hydrogens is 244 g/mol. The zero-order chi connectivity index (χ0) is 13.0. The number of hydrogen-bond acceptors (Lipinski definition) is 3. The van der Waals surface area contributed by atoms with Crippen molar-refractivity contribution in [2.45, 2.75) is 69.7 Å². The van der Waals surface area contributed by atoms with Gasteiger partial charge in [0.15, 0.2) is 0 Å². The summed E-state index contributed by atoms with van der Waals surface area (Å²) in [6.07, 6.45) is 10.6. The molecule has 3 nitrogen and oxygen atoms in total. The topological polar surface area (TPSA) is 31.0 Å². The van der Waals surface area contributed by atoms with Gasteiger partial charge in [-0.3, -0.25) is 0 Å². The lowest BCUT2D eigenvalue weighted by Gasteiger charge is -2.23. The smallest absolute Gasteiger partial charge is 0.334 e. The Labute approximate surface area is 112 Å². The number of hydrogen-bond donors (Lipinski definition) is 0. The highest BCUT2D eigenvalue weighted by Gasteiger charge is 2.43. The first-order valence-electron chi connectivity index (χ1n) is 7.42. The molecule has 3 unspecified atom stereocenters. The molecule has 18 heavy (non-hydrogen) atoms. The van der Waals surface area contributed by atoms with Crippen molar-refractivity contribution in [2.24, 2.45) is 5.92 Å². The van der Waals surface area contributed by atoms with Crippen molar-refractivity contribution in [1.82, 2.24) is 0 Å². The Morgan fingerprint density at radius 2 is 1.83 bits per heavy atom. The highest BCUT2D eigenvalue weighted by molar-refractivity contribution is 6.65. The van der Waals surface area contributed by atoms with Crippen molar-refractivity contribution >= 4 is 8.56 Å². The summed E-state index contributed by atoms with van der Waals surface area (Å²) < 4.78 is 16.6. The van der Waals surface area contributed by atoms with Crippen LogP contribution in [0.3, 0.4) is 0 Å². The second-order valence-electron chi connectivity index (χ2n) is 6.03. The maximum Gasteiger partial charge on any atom is 0.334 e. The van der Waals surface area contributed by atoms with Gasteiger partial charge in [0.1, 0.15) is 0 Å². The van der Waals surface area contributed by atoms with Crippen LogP contribution in [0.4, 0.5) is 0 Å². The third-order valence-electron chi connectivity index (χ3n) is 4.72. The largest absolute Gasteiger partial charge is 0.398 e. The standard InChI is InChI=1S/C14H28O3Si/c1-15-18(3,16-2)10-6-4-5-7-12-8-9-13-14(11-12)17-13/h12-14H,4-11H2,1-3H3. The zero-order valence-corrected chi connectivity index (χ0v) is 13.1. The maximum absolute atomic E-state index is 5.58. The van der Waals surface area contributed by atoms with Gasteiger partial charge in [-0.1, -0.05) is 25.7 Å². The lowest BCUT2D eigenvalue weighted by Crippen LogP contribution is -2.35. The first-order valence-corrected chi connectivity index (χ1v) is 9.95. The van der Waals surface area contributed by atoms with E-state index in [0.29, 0.717) is 12.2 Å². The zero-order valence-electron chi connectivity index (χ0n) is 12.1. The molecule has 2 aliphatic rings. The predicted molar refractivity (Wildman–Crippen MR) is 74.9 cm³/mol. The van der Waals surface area contributed by atoms with E-state index < -0.39 is 8.56 Å². The van der Waals surface area contributed by atoms with Crippen LogP contribution < -0.4 is 0 Å². The SMILES string of the molecule is CO[Si](C)(CCCCCC1CCC2OC2C1)OC. The molecule has 0 bridgehead atoms. The minimum Gasteiger partial charge on any atom is -0.398 e. The molecule has 0 radical (unpaired) electrons. The number of epoxide rings is 1. The molecule has 1 aliphatic heterocycles. The second-order valence-corrected chi connectivity index (χ2v) is 9.62. The molecule has 4 heteroatoms. The van der Waals surface area contributed by atoms with Crippen LogP contribution in [-0.4, -0.2) is 35.0 Å². The fraction of sp³-hybridized carbons (Fsp3) is 1.00. The van der Waals surface area contributed by atoms with E-state index in [1.165, 1.54) is 44.9 Å². The highest BCUT2D eigenvalue weighted by Crippen LogP contribution is 2.41. The van der Waals surface area contributed by atoms with E-state index in [-0.39, 0.29) is 0 Å². The Kier molecular flexibility index (Phi) is 5.24. The molecule has 0 spiro atoms. The average molecular weight is 272 g/mol. The Hall–Kier alpha value is 0.0969. The molecule has 0 aromatic heterocycles. The number of ether oxygens (including phenoxy) is 1. The third-order valence-corrected chi connectivity index (χ3v) is 7.71. The van der Waals surface area contributed by atoms with E-state index in [0.717, 1.165) is 12.0 Å². The quantitative estimate of drug-likeness (QED) is 0.385. The minimum absolute atomic E-state index is 0.640. The second kappa shape index (κ2) is 6.50. The number of unbranched alkanes of at least 4 members (excludes halogenated alkanes) is 2. The lowest BCUT2D eigenvalue weighted by molar-refractivity contribution is 0.247. The molecule has 1 saturated carbocycles. The average Bonchev–Trinajstić information content (AvgIpc) is 3.16. The van der Waals surface area contributed by atoms with Crippen molar-refractivity contribution in [3.63, 3.8) is 0 Å². The number of rotatable bonds is 8. The van der Waals surface area contributed by atoms with Crippen LogP contribution in [-0.2, 0) is 13.6 Å². The van der Waals surface area contributed by atoms with Gasteiger partial charge in [0.2, 0.25) is 0 Å². The molecule has 1 heterocycles. The van der Waals surface area contributed by atoms with Crippen LogP contribution in [0, 0.1) is 5.92 Å². The van der Waals surface area contributed by atoms with E-state index in [2.05, 4.69) is 6.55 Å². The monoisotopic (exact) mass is 272 g/mol. The fourth-order valence-corrected chi connectivity index (χ4v) is 4.56. The lowest BCUT2D eigenvalue weighted by atomic mass is 9.86. The van der Waals surface area contributed by atoms with Crippen molar-refractivity contribution in [1.29, 1.82) is 0 Å². The van der Waals surface area contributed by atoms with Gasteiger partial charge in [-0.2, -0.15) is 0 Å². The van der Waals surface area contributed by atoms with Crippen LogP contribution in [0.5, 0.6) is 0 Å². The number of fused-ring (bicyclic) bond motifs is 1. The predicted octanol–water partition coefficient (Wildman–Crippen LogP) is 3.48. The van der Waals surface area contributed by atoms with Crippen LogP contribution in [0.25, 0.3) is 0 Å². The van der Waals surface area contributed by atoms with Gasteiger partial charge >= 0.3 is 8.56 Å². The van der Waals surface area contributed by atoms with Gasteiger partial charge < -0.3 is 13.6 Å². The summed E-state index contributed by atoms with van der Waals surface area (Å²) >= 11 is 0. The third kappa shape index (κ3) is 4.05. The molecular formula is C14H28O3Si. The Morgan fingerprint density at radius 1 is 1.06 bits per heavy atom. The molecule has 0 aromatic rings. The molecule has 106 valence electrons. The Balaban J connectivity index is 1.50. The summed E-state index contributed by atoms with van der Waals surface area (Å²) in [7, 11) is 1.75. The van der Waals surface area contributed by atoms with E-state index in [1.54, 1.807) is 14.2 Å². The van der Waals surface area contributed by atoms with Gasteiger partial charge in [0.25, 0.3) is 0 Å². The molecule has 2 fully saturated rings. The molecule has 2 rings (SSSR count).